The van der Waals surface area contributed by atoms with Crippen LogP contribution in [0.4, 0.5) is 5.88 Å². The minimum atomic E-state index is -0.0752. The van der Waals surface area contributed by atoms with Gasteiger partial charge in [0, 0.05) is 25.2 Å². The maximum Gasteiger partial charge on any atom is 0.240 e. The smallest absolute Gasteiger partial charge is 0.240 e. The minimum Gasteiger partial charge on any atom is -0.338 e. The first-order valence-electron chi connectivity index (χ1n) is 6.25. The van der Waals surface area contributed by atoms with Crippen molar-refractivity contribution in [1.29, 1.82) is 0 Å². The molecule has 0 aromatic carbocycles. The lowest BCUT2D eigenvalue weighted by Crippen LogP contribution is -2.48. The molecule has 1 amide bonds. The van der Waals surface area contributed by atoms with Crippen molar-refractivity contribution < 1.29 is 9.32 Å². The van der Waals surface area contributed by atoms with E-state index in [9.17, 15) is 4.79 Å². The lowest BCUT2D eigenvalue weighted by molar-refractivity contribution is -0.117. The van der Waals surface area contributed by atoms with Gasteiger partial charge >= 0.3 is 0 Å². The molecule has 0 bridgehead atoms. The van der Waals surface area contributed by atoms with Gasteiger partial charge in [-0.1, -0.05) is 12.1 Å². The van der Waals surface area contributed by atoms with Crippen molar-refractivity contribution in [2.24, 2.45) is 11.7 Å². The summed E-state index contributed by atoms with van der Waals surface area (Å²) in [7, 11) is 0. The minimum absolute atomic E-state index is 0. The molecule has 1 aliphatic rings. The van der Waals surface area contributed by atoms with Crippen molar-refractivity contribution >= 4 is 24.2 Å². The number of amides is 1. The third kappa shape index (κ3) is 4.49. The van der Waals surface area contributed by atoms with Crippen molar-refractivity contribution in [2.75, 3.05) is 25.0 Å². The van der Waals surface area contributed by atoms with E-state index in [4.69, 9.17) is 10.3 Å². The zero-order valence-corrected chi connectivity index (χ0v) is 12.1. The molecule has 19 heavy (non-hydrogen) atoms. The number of hydrogen-bond donors (Lipinski definition) is 2. The first-order valence-corrected chi connectivity index (χ1v) is 6.25. The summed E-state index contributed by atoms with van der Waals surface area (Å²) in [5.41, 5.74) is 6.70. The summed E-state index contributed by atoms with van der Waals surface area (Å²) in [4.78, 5) is 13.9. The van der Waals surface area contributed by atoms with Crippen molar-refractivity contribution in [2.45, 2.75) is 26.3 Å². The van der Waals surface area contributed by atoms with Gasteiger partial charge in [-0.3, -0.25) is 15.0 Å². The first kappa shape index (κ1) is 15.9. The molecule has 0 aliphatic carbocycles. The number of carbonyl (C=O) groups is 1. The summed E-state index contributed by atoms with van der Waals surface area (Å²) in [6, 6.07) is 1.95. The molecule has 6 nitrogen and oxygen atoms in total. The Balaban J connectivity index is 0.00000180. The average Bonchev–Trinajstić information content (AvgIpc) is 2.69. The van der Waals surface area contributed by atoms with E-state index in [1.807, 2.05) is 6.92 Å². The number of likely N-dealkylation sites (tertiary alicyclic amines) is 1. The highest BCUT2D eigenvalue weighted by Crippen LogP contribution is 2.15. The fourth-order valence-electron chi connectivity index (χ4n) is 2.20. The number of rotatable bonds is 3. The molecule has 108 valence electrons. The third-order valence-corrected chi connectivity index (χ3v) is 3.31. The van der Waals surface area contributed by atoms with E-state index in [0.717, 1.165) is 25.2 Å². The second-order valence-electron chi connectivity index (χ2n) is 5.05. The molecule has 2 atom stereocenters. The van der Waals surface area contributed by atoms with Crippen LogP contribution < -0.4 is 11.1 Å². The van der Waals surface area contributed by atoms with Crippen LogP contribution in [0, 0.1) is 12.8 Å². The molecule has 7 heteroatoms. The Labute approximate surface area is 119 Å². The van der Waals surface area contributed by atoms with Crippen molar-refractivity contribution in [1.82, 2.24) is 10.1 Å². The number of anilines is 1. The summed E-state index contributed by atoms with van der Waals surface area (Å²) in [5.74, 6) is 0.757. The zero-order chi connectivity index (χ0) is 13.1. The highest BCUT2D eigenvalue weighted by molar-refractivity contribution is 5.90. The van der Waals surface area contributed by atoms with Crippen LogP contribution in [0.15, 0.2) is 10.6 Å². The van der Waals surface area contributed by atoms with E-state index >= 15 is 0 Å². The van der Waals surface area contributed by atoms with E-state index in [1.54, 1.807) is 6.07 Å². The van der Waals surface area contributed by atoms with Crippen molar-refractivity contribution in [3.63, 3.8) is 0 Å². The quantitative estimate of drug-likeness (QED) is 0.867. The van der Waals surface area contributed by atoms with Crippen molar-refractivity contribution in [3.8, 4) is 0 Å². The third-order valence-electron chi connectivity index (χ3n) is 3.31. The van der Waals surface area contributed by atoms with Gasteiger partial charge in [-0.05, 0) is 19.3 Å². The van der Waals surface area contributed by atoms with Gasteiger partial charge < -0.3 is 10.3 Å². The molecule has 2 rings (SSSR count). The van der Waals surface area contributed by atoms with Crippen molar-refractivity contribution in [3.05, 3.63) is 11.8 Å². The molecular weight excluding hydrogens is 268 g/mol. The molecule has 0 radical (unpaired) electrons. The summed E-state index contributed by atoms with van der Waals surface area (Å²) >= 11 is 0. The fourth-order valence-corrected chi connectivity index (χ4v) is 2.20. The average molecular weight is 289 g/mol. The van der Waals surface area contributed by atoms with Crippen LogP contribution in [0.2, 0.25) is 0 Å². The Hall–Kier alpha value is -1.11. The number of nitrogens with two attached hydrogens (primary N) is 1. The fraction of sp³-hybridized carbons (Fsp3) is 0.667. The number of nitrogens with one attached hydrogen (secondary N) is 1. The van der Waals surface area contributed by atoms with E-state index in [-0.39, 0.29) is 24.4 Å². The van der Waals surface area contributed by atoms with Gasteiger partial charge in [0.15, 0.2) is 0 Å². The molecule has 1 aliphatic heterocycles. The van der Waals surface area contributed by atoms with Crippen LogP contribution in [-0.2, 0) is 4.79 Å². The normalized spacial score (nSPS) is 23.7. The number of aromatic nitrogens is 1. The second kappa shape index (κ2) is 6.88. The van der Waals surface area contributed by atoms with E-state index in [0.29, 0.717) is 18.3 Å². The first-order chi connectivity index (χ1) is 8.54. The number of piperidine rings is 1. The molecule has 0 spiro atoms. The van der Waals surface area contributed by atoms with Crippen LogP contribution >= 0.6 is 12.4 Å². The monoisotopic (exact) mass is 288 g/mol. The largest absolute Gasteiger partial charge is 0.338 e. The molecule has 1 aromatic rings. The molecular formula is C12H21ClN4O2. The predicted octanol–water partition coefficient (Wildman–Crippen LogP) is 1.01. The Bertz CT molecular complexity index is 424. The lowest BCUT2D eigenvalue weighted by atomic mass is 9.95. The Morgan fingerprint density at radius 2 is 2.42 bits per heavy atom. The van der Waals surface area contributed by atoms with Crippen LogP contribution in [0.1, 0.15) is 19.0 Å². The highest BCUT2D eigenvalue weighted by atomic mass is 35.5. The summed E-state index contributed by atoms with van der Waals surface area (Å²) in [5, 5.41) is 6.41. The maximum absolute atomic E-state index is 11.8. The van der Waals surface area contributed by atoms with Crippen LogP contribution in [0.3, 0.4) is 0 Å². The molecule has 0 saturated carbocycles. The Morgan fingerprint density at radius 3 is 3.00 bits per heavy atom. The van der Waals surface area contributed by atoms with Crippen LogP contribution in [0.5, 0.6) is 0 Å². The van der Waals surface area contributed by atoms with Crippen LogP contribution in [0.25, 0.3) is 0 Å². The number of aryl methyl sites for hydroxylation is 1. The van der Waals surface area contributed by atoms with E-state index in [1.165, 1.54) is 0 Å². The molecule has 1 aromatic heterocycles. The topological polar surface area (TPSA) is 84.4 Å². The zero-order valence-electron chi connectivity index (χ0n) is 11.3. The van der Waals surface area contributed by atoms with Gasteiger partial charge in [0.1, 0.15) is 0 Å². The van der Waals surface area contributed by atoms with Gasteiger partial charge in [0.2, 0.25) is 11.8 Å². The van der Waals surface area contributed by atoms with Crippen LogP contribution in [-0.4, -0.2) is 41.6 Å². The van der Waals surface area contributed by atoms with E-state index < -0.39 is 0 Å². The van der Waals surface area contributed by atoms with Gasteiger partial charge in [-0.2, -0.15) is 0 Å². The molecule has 1 saturated heterocycles. The molecule has 1 fully saturated rings. The standard InChI is InChI=1S/C12H20N4O2.ClH/c1-8-6-16(4-3-10(8)13)7-11(17)14-12-5-9(2)15-18-12;/h5,8,10H,3-4,6-7,13H2,1-2H3,(H,14,17);1H. The Morgan fingerprint density at radius 1 is 1.68 bits per heavy atom. The second-order valence-corrected chi connectivity index (χ2v) is 5.05. The highest BCUT2D eigenvalue weighted by Gasteiger charge is 2.24. The van der Waals surface area contributed by atoms with E-state index in [2.05, 4.69) is 22.3 Å². The summed E-state index contributed by atoms with van der Waals surface area (Å²) < 4.78 is 4.94. The molecule has 2 unspecified atom stereocenters. The Kier molecular flexibility index (Phi) is 5.78. The number of nitrogens with zero attached hydrogens (tertiary/aromatic N) is 2. The number of hydrogen-bond acceptors (Lipinski definition) is 5. The molecule has 2 heterocycles. The van der Waals surface area contributed by atoms with Gasteiger partial charge in [-0.25, -0.2) is 0 Å². The maximum atomic E-state index is 11.8. The lowest BCUT2D eigenvalue weighted by Gasteiger charge is -2.34. The van der Waals surface area contributed by atoms with Gasteiger partial charge in [0.05, 0.1) is 12.2 Å². The molecule has 3 N–H and O–H groups in total. The van der Waals surface area contributed by atoms with Gasteiger partial charge in [0.25, 0.3) is 0 Å². The van der Waals surface area contributed by atoms with Gasteiger partial charge in [-0.15, -0.1) is 12.4 Å². The summed E-state index contributed by atoms with van der Waals surface area (Å²) in [6.45, 7) is 6.04. The SMILES string of the molecule is Cc1cc(NC(=O)CN2CCC(N)C(C)C2)on1.Cl. The summed E-state index contributed by atoms with van der Waals surface area (Å²) in [6.07, 6.45) is 0.940. The number of carbonyl (C=O) groups excluding carboxylic acids is 1. The predicted molar refractivity (Wildman–Crippen MR) is 75.3 cm³/mol. The number of halogens is 1.